The van der Waals surface area contributed by atoms with Gasteiger partial charge in [0.15, 0.2) is 0 Å². The Morgan fingerprint density at radius 1 is 1.20 bits per heavy atom. The molecule has 3 atom stereocenters. The lowest BCUT2D eigenvalue weighted by Gasteiger charge is -2.43. The number of ether oxygens (including phenoxy) is 1. The van der Waals surface area contributed by atoms with Crippen LogP contribution >= 0.6 is 0 Å². The van der Waals surface area contributed by atoms with Gasteiger partial charge >= 0.3 is 0 Å². The SMILES string of the molecule is CCCC1CN(CC2CN(CC)CCO2)C(CC)CN1. The van der Waals surface area contributed by atoms with Gasteiger partial charge in [-0.15, -0.1) is 0 Å². The molecule has 0 amide bonds. The molecule has 2 rings (SSSR count). The highest BCUT2D eigenvalue weighted by Crippen LogP contribution is 2.16. The van der Waals surface area contributed by atoms with Gasteiger partial charge in [0.2, 0.25) is 0 Å². The number of nitrogens with zero attached hydrogens (tertiary/aromatic N) is 2. The van der Waals surface area contributed by atoms with E-state index < -0.39 is 0 Å². The highest BCUT2D eigenvalue weighted by atomic mass is 16.5. The molecule has 0 bridgehead atoms. The van der Waals surface area contributed by atoms with Gasteiger partial charge in [-0.3, -0.25) is 9.80 Å². The van der Waals surface area contributed by atoms with Gasteiger partial charge in [-0.25, -0.2) is 0 Å². The van der Waals surface area contributed by atoms with E-state index in [2.05, 4.69) is 35.9 Å². The summed E-state index contributed by atoms with van der Waals surface area (Å²) >= 11 is 0. The Bertz CT molecular complexity index is 274. The van der Waals surface area contributed by atoms with Gasteiger partial charge < -0.3 is 10.1 Å². The van der Waals surface area contributed by atoms with Crippen molar-refractivity contribution in [2.75, 3.05) is 45.9 Å². The van der Waals surface area contributed by atoms with Crippen molar-refractivity contribution in [3.63, 3.8) is 0 Å². The van der Waals surface area contributed by atoms with Crippen LogP contribution in [0.2, 0.25) is 0 Å². The van der Waals surface area contributed by atoms with Crippen LogP contribution in [0.4, 0.5) is 0 Å². The second kappa shape index (κ2) is 8.32. The third-order valence-corrected chi connectivity index (χ3v) is 4.83. The average Bonchev–Trinajstić information content (AvgIpc) is 2.48. The van der Waals surface area contributed by atoms with Gasteiger partial charge in [-0.05, 0) is 19.4 Å². The summed E-state index contributed by atoms with van der Waals surface area (Å²) in [5.41, 5.74) is 0. The van der Waals surface area contributed by atoms with E-state index in [4.69, 9.17) is 4.74 Å². The Balaban J connectivity index is 1.86. The highest BCUT2D eigenvalue weighted by Gasteiger charge is 2.29. The first-order chi connectivity index (χ1) is 9.76. The van der Waals surface area contributed by atoms with Crippen molar-refractivity contribution in [1.82, 2.24) is 15.1 Å². The smallest absolute Gasteiger partial charge is 0.0829 e. The van der Waals surface area contributed by atoms with E-state index in [-0.39, 0.29) is 0 Å². The first kappa shape index (κ1) is 16.2. The number of likely N-dealkylation sites (N-methyl/N-ethyl adjacent to an activating group) is 1. The summed E-state index contributed by atoms with van der Waals surface area (Å²) in [4.78, 5) is 5.20. The summed E-state index contributed by atoms with van der Waals surface area (Å²) in [6.07, 6.45) is 4.19. The quantitative estimate of drug-likeness (QED) is 0.801. The lowest BCUT2D eigenvalue weighted by molar-refractivity contribution is -0.0523. The van der Waals surface area contributed by atoms with Gasteiger partial charge in [0.1, 0.15) is 0 Å². The van der Waals surface area contributed by atoms with E-state index in [0.717, 1.165) is 39.3 Å². The van der Waals surface area contributed by atoms with Gasteiger partial charge in [0, 0.05) is 44.8 Å². The number of hydrogen-bond acceptors (Lipinski definition) is 4. The first-order valence-corrected chi connectivity index (χ1v) is 8.58. The normalized spacial score (nSPS) is 33.5. The van der Waals surface area contributed by atoms with Crippen LogP contribution in [0.5, 0.6) is 0 Å². The lowest BCUT2D eigenvalue weighted by Crippen LogP contribution is -2.59. The van der Waals surface area contributed by atoms with E-state index in [0.29, 0.717) is 18.2 Å². The summed E-state index contributed by atoms with van der Waals surface area (Å²) < 4.78 is 6.00. The van der Waals surface area contributed by atoms with E-state index in [1.54, 1.807) is 0 Å². The second-order valence-electron chi connectivity index (χ2n) is 6.30. The van der Waals surface area contributed by atoms with Crippen molar-refractivity contribution in [3.8, 4) is 0 Å². The van der Waals surface area contributed by atoms with Crippen molar-refractivity contribution < 1.29 is 4.74 Å². The third-order valence-electron chi connectivity index (χ3n) is 4.83. The van der Waals surface area contributed by atoms with Gasteiger partial charge in [0.05, 0.1) is 12.7 Å². The molecule has 2 heterocycles. The molecule has 0 aromatic carbocycles. The summed E-state index contributed by atoms with van der Waals surface area (Å²) in [6, 6.07) is 1.36. The molecule has 0 spiro atoms. The monoisotopic (exact) mass is 283 g/mol. The molecule has 2 aliphatic rings. The van der Waals surface area contributed by atoms with Gasteiger partial charge in [-0.2, -0.15) is 0 Å². The first-order valence-electron chi connectivity index (χ1n) is 8.58. The zero-order valence-corrected chi connectivity index (χ0v) is 13.6. The van der Waals surface area contributed by atoms with Crippen LogP contribution < -0.4 is 5.32 Å². The lowest BCUT2D eigenvalue weighted by atomic mass is 10.0. The van der Waals surface area contributed by atoms with E-state index >= 15 is 0 Å². The summed E-state index contributed by atoms with van der Waals surface area (Å²) in [7, 11) is 0. The van der Waals surface area contributed by atoms with Crippen LogP contribution in [-0.4, -0.2) is 73.9 Å². The standard InChI is InChI=1S/C16H33N3O/c1-4-7-14-11-19(15(5-2)10-17-14)13-16-12-18(6-3)8-9-20-16/h14-17H,4-13H2,1-3H3. The minimum atomic E-state index is 0.401. The molecule has 2 fully saturated rings. The van der Waals surface area contributed by atoms with Crippen LogP contribution in [0.15, 0.2) is 0 Å². The van der Waals surface area contributed by atoms with Crippen molar-refractivity contribution in [2.45, 2.75) is 58.2 Å². The van der Waals surface area contributed by atoms with Crippen molar-refractivity contribution in [3.05, 3.63) is 0 Å². The molecule has 0 aliphatic carbocycles. The maximum atomic E-state index is 6.00. The number of hydrogen-bond donors (Lipinski definition) is 1. The van der Waals surface area contributed by atoms with Crippen LogP contribution in [0.3, 0.4) is 0 Å². The van der Waals surface area contributed by atoms with Crippen molar-refractivity contribution >= 4 is 0 Å². The maximum Gasteiger partial charge on any atom is 0.0829 e. The molecule has 0 radical (unpaired) electrons. The Hall–Kier alpha value is -0.160. The molecule has 4 heteroatoms. The third kappa shape index (κ3) is 4.42. The molecule has 2 aliphatic heterocycles. The van der Waals surface area contributed by atoms with Crippen LogP contribution in [0.1, 0.15) is 40.0 Å². The zero-order valence-electron chi connectivity index (χ0n) is 13.6. The molecule has 20 heavy (non-hydrogen) atoms. The van der Waals surface area contributed by atoms with Crippen molar-refractivity contribution in [1.29, 1.82) is 0 Å². The molecule has 2 saturated heterocycles. The predicted molar refractivity (Wildman–Crippen MR) is 84.2 cm³/mol. The molecular formula is C16H33N3O. The van der Waals surface area contributed by atoms with Crippen LogP contribution in [0, 0.1) is 0 Å². The van der Waals surface area contributed by atoms with Crippen LogP contribution in [0.25, 0.3) is 0 Å². The fourth-order valence-electron chi connectivity index (χ4n) is 3.54. The number of rotatable bonds is 6. The second-order valence-corrected chi connectivity index (χ2v) is 6.30. The van der Waals surface area contributed by atoms with E-state index in [1.165, 1.54) is 25.8 Å². The Morgan fingerprint density at radius 3 is 2.75 bits per heavy atom. The Kier molecular flexibility index (Phi) is 6.75. The summed E-state index contributed by atoms with van der Waals surface area (Å²) in [5, 5.41) is 3.72. The zero-order chi connectivity index (χ0) is 14.4. The minimum Gasteiger partial charge on any atom is -0.374 e. The Morgan fingerprint density at radius 2 is 2.05 bits per heavy atom. The van der Waals surface area contributed by atoms with E-state index in [1.807, 2.05) is 0 Å². The number of morpholine rings is 1. The number of piperazine rings is 1. The van der Waals surface area contributed by atoms with Gasteiger partial charge in [0.25, 0.3) is 0 Å². The number of nitrogens with one attached hydrogen (secondary N) is 1. The molecule has 0 aromatic rings. The molecule has 3 unspecified atom stereocenters. The summed E-state index contributed by atoms with van der Waals surface area (Å²) in [6.45, 7) is 14.5. The average molecular weight is 283 g/mol. The minimum absolute atomic E-state index is 0.401. The summed E-state index contributed by atoms with van der Waals surface area (Å²) in [5.74, 6) is 0. The molecule has 0 saturated carbocycles. The predicted octanol–water partition coefficient (Wildman–Crippen LogP) is 1.56. The fraction of sp³-hybridized carbons (Fsp3) is 1.00. The molecular weight excluding hydrogens is 250 g/mol. The molecule has 118 valence electrons. The van der Waals surface area contributed by atoms with Crippen molar-refractivity contribution in [2.24, 2.45) is 0 Å². The highest BCUT2D eigenvalue weighted by molar-refractivity contribution is 4.87. The van der Waals surface area contributed by atoms with Crippen LogP contribution in [-0.2, 0) is 4.74 Å². The fourth-order valence-corrected chi connectivity index (χ4v) is 3.54. The molecule has 4 nitrogen and oxygen atoms in total. The molecule has 0 aromatic heterocycles. The molecule has 1 N–H and O–H groups in total. The largest absolute Gasteiger partial charge is 0.374 e. The van der Waals surface area contributed by atoms with Gasteiger partial charge in [-0.1, -0.05) is 27.2 Å². The maximum absolute atomic E-state index is 6.00. The van der Waals surface area contributed by atoms with E-state index in [9.17, 15) is 0 Å². The topological polar surface area (TPSA) is 27.7 Å². The Labute approximate surface area is 124 Å².